The molecule has 13 heteroatoms. The minimum Gasteiger partial charge on any atom is -0.475 e. The van der Waals surface area contributed by atoms with Crippen molar-refractivity contribution in [3.63, 3.8) is 0 Å². The summed E-state index contributed by atoms with van der Waals surface area (Å²) in [6.07, 6.45) is -2.51. The lowest BCUT2D eigenvalue weighted by Gasteiger charge is -2.23. The molecule has 0 unspecified atom stereocenters. The molecule has 0 radical (unpaired) electrons. The van der Waals surface area contributed by atoms with Gasteiger partial charge in [0.15, 0.2) is 0 Å². The highest BCUT2D eigenvalue weighted by molar-refractivity contribution is 7.22. The van der Waals surface area contributed by atoms with Crippen LogP contribution in [0.15, 0.2) is 42.7 Å². The van der Waals surface area contributed by atoms with Gasteiger partial charge >= 0.3 is 18.2 Å². The number of thiophene rings is 1. The van der Waals surface area contributed by atoms with Gasteiger partial charge in [0.05, 0.1) is 10.2 Å². The number of alkyl halides is 3. The van der Waals surface area contributed by atoms with Gasteiger partial charge in [0.2, 0.25) is 0 Å². The number of carbonyl (C=O) groups is 2. The summed E-state index contributed by atoms with van der Waals surface area (Å²) in [5, 5.41) is 10.1. The molecule has 37 heavy (non-hydrogen) atoms. The third-order valence-corrected chi connectivity index (χ3v) is 6.68. The first-order valence-corrected chi connectivity index (χ1v) is 12.4. The largest absolute Gasteiger partial charge is 0.490 e. The van der Waals surface area contributed by atoms with E-state index in [0.717, 1.165) is 48.6 Å². The maximum Gasteiger partial charge on any atom is 0.490 e. The number of rotatable bonds is 5. The van der Waals surface area contributed by atoms with Gasteiger partial charge in [-0.3, -0.25) is 0 Å². The third-order valence-electron chi connectivity index (χ3n) is 5.51. The molecule has 1 fully saturated rings. The van der Waals surface area contributed by atoms with E-state index in [0.29, 0.717) is 13.1 Å². The molecule has 0 spiro atoms. The smallest absolute Gasteiger partial charge is 0.475 e. The van der Waals surface area contributed by atoms with E-state index < -0.39 is 12.1 Å². The monoisotopic (exact) mass is 538 g/mol. The molecule has 4 rings (SSSR count). The molecular formula is C24H29F3N6O3S. The highest BCUT2D eigenvalue weighted by Crippen LogP contribution is 2.37. The highest BCUT2D eigenvalue weighted by atomic mass is 32.1. The Labute approximate surface area is 216 Å². The zero-order chi connectivity index (χ0) is 27.0. The molecular weight excluding hydrogens is 509 g/mol. The van der Waals surface area contributed by atoms with E-state index >= 15 is 0 Å². The Morgan fingerprint density at radius 2 is 1.81 bits per heavy atom. The van der Waals surface area contributed by atoms with Gasteiger partial charge in [0.25, 0.3) is 0 Å². The lowest BCUT2D eigenvalue weighted by atomic mass is 10.2. The van der Waals surface area contributed by atoms with Crippen molar-refractivity contribution < 1.29 is 27.9 Å². The van der Waals surface area contributed by atoms with Crippen molar-refractivity contribution in [3.05, 3.63) is 42.7 Å². The Balaban J connectivity index is 0.000000479. The van der Waals surface area contributed by atoms with Gasteiger partial charge in [0.1, 0.15) is 12.1 Å². The molecule has 1 aliphatic rings. The van der Waals surface area contributed by atoms with E-state index in [1.54, 1.807) is 17.7 Å². The molecule has 0 bridgehead atoms. The number of halogens is 3. The number of anilines is 1. The fraction of sp³-hybridized carbons (Fsp3) is 0.417. The molecule has 2 aromatic heterocycles. The van der Waals surface area contributed by atoms with Crippen molar-refractivity contribution in [1.29, 1.82) is 0 Å². The average molecular weight is 539 g/mol. The predicted octanol–water partition coefficient (Wildman–Crippen LogP) is 3.77. The van der Waals surface area contributed by atoms with Crippen molar-refractivity contribution in [2.45, 2.75) is 12.6 Å². The van der Waals surface area contributed by atoms with Gasteiger partial charge in [-0.25, -0.2) is 19.6 Å². The van der Waals surface area contributed by atoms with Crippen LogP contribution in [-0.4, -0.2) is 96.4 Å². The molecule has 3 aromatic rings. The van der Waals surface area contributed by atoms with E-state index in [2.05, 4.69) is 55.4 Å². The number of aliphatic carboxylic acids is 1. The van der Waals surface area contributed by atoms with Crippen LogP contribution in [0.1, 0.15) is 6.42 Å². The summed E-state index contributed by atoms with van der Waals surface area (Å²) in [7, 11) is 4.01. The summed E-state index contributed by atoms with van der Waals surface area (Å²) < 4.78 is 32.8. The zero-order valence-corrected chi connectivity index (χ0v) is 21.3. The van der Waals surface area contributed by atoms with Crippen LogP contribution in [0.25, 0.3) is 20.7 Å². The molecule has 0 saturated carbocycles. The van der Waals surface area contributed by atoms with Crippen molar-refractivity contribution in [2.75, 3.05) is 58.3 Å². The summed E-state index contributed by atoms with van der Waals surface area (Å²) in [5.74, 6) is -1.78. The van der Waals surface area contributed by atoms with E-state index in [9.17, 15) is 18.0 Å². The third kappa shape index (κ3) is 8.02. The Hall–Kier alpha value is -3.45. The second-order valence-corrected chi connectivity index (χ2v) is 9.61. The Morgan fingerprint density at radius 1 is 1.11 bits per heavy atom. The first kappa shape index (κ1) is 28.1. The van der Waals surface area contributed by atoms with Crippen molar-refractivity contribution in [2.24, 2.45) is 0 Å². The first-order chi connectivity index (χ1) is 17.6. The van der Waals surface area contributed by atoms with E-state index in [4.69, 9.17) is 9.90 Å². The summed E-state index contributed by atoms with van der Waals surface area (Å²) >= 11 is 1.73. The molecule has 2 N–H and O–H groups in total. The number of amides is 2. The summed E-state index contributed by atoms with van der Waals surface area (Å²) in [4.78, 5) is 38.0. The van der Waals surface area contributed by atoms with Crippen molar-refractivity contribution >= 4 is 39.4 Å². The number of hydrogen-bond donors (Lipinski definition) is 2. The zero-order valence-electron chi connectivity index (χ0n) is 20.5. The van der Waals surface area contributed by atoms with Crippen LogP contribution in [0.5, 0.6) is 0 Å². The summed E-state index contributed by atoms with van der Waals surface area (Å²) in [6.45, 7) is 4.61. The number of nitrogens with one attached hydrogen (secondary N) is 1. The Kier molecular flexibility index (Phi) is 9.64. The highest BCUT2D eigenvalue weighted by Gasteiger charge is 2.38. The van der Waals surface area contributed by atoms with Gasteiger partial charge in [-0.05, 0) is 32.1 Å². The van der Waals surface area contributed by atoms with Gasteiger partial charge in [-0.2, -0.15) is 13.2 Å². The van der Waals surface area contributed by atoms with Crippen molar-refractivity contribution in [1.82, 2.24) is 25.1 Å². The lowest BCUT2D eigenvalue weighted by Crippen LogP contribution is -2.44. The van der Waals surface area contributed by atoms with Crippen LogP contribution >= 0.6 is 11.3 Å². The van der Waals surface area contributed by atoms with Crippen LogP contribution in [0.3, 0.4) is 0 Å². The van der Waals surface area contributed by atoms with Gasteiger partial charge < -0.3 is 25.1 Å². The van der Waals surface area contributed by atoms with Gasteiger partial charge in [0, 0.05) is 44.1 Å². The average Bonchev–Trinajstić information content (AvgIpc) is 3.14. The maximum absolute atomic E-state index is 12.5. The number of nitrogens with zero attached hydrogens (tertiary/aromatic N) is 5. The molecule has 3 heterocycles. The SMILES string of the molecule is CN(C)CCNC(=O)N1CCCN(c2ncnc3cc(-c4ccccc4)sc23)CC1.O=C(O)C(F)(F)F. The summed E-state index contributed by atoms with van der Waals surface area (Å²) in [5.41, 5.74) is 2.18. The quantitative estimate of drug-likeness (QED) is 0.510. The minimum absolute atomic E-state index is 0.0222. The summed E-state index contributed by atoms with van der Waals surface area (Å²) in [6, 6.07) is 12.5. The van der Waals surface area contributed by atoms with Gasteiger partial charge in [-0.1, -0.05) is 30.3 Å². The van der Waals surface area contributed by atoms with Crippen LogP contribution in [0.4, 0.5) is 23.8 Å². The fourth-order valence-corrected chi connectivity index (χ4v) is 4.78. The van der Waals surface area contributed by atoms with Crippen LogP contribution in [0.2, 0.25) is 0 Å². The van der Waals surface area contributed by atoms with E-state index in [-0.39, 0.29) is 6.03 Å². The number of carbonyl (C=O) groups excluding carboxylic acids is 1. The molecule has 1 aromatic carbocycles. The number of carboxylic acid groups (broad SMARTS) is 1. The maximum atomic E-state index is 12.5. The van der Waals surface area contributed by atoms with E-state index in [1.165, 1.54) is 10.4 Å². The number of aromatic nitrogens is 2. The minimum atomic E-state index is -5.08. The number of likely N-dealkylation sites (N-methyl/N-ethyl adjacent to an activating group) is 1. The fourth-order valence-electron chi connectivity index (χ4n) is 3.64. The predicted molar refractivity (Wildman–Crippen MR) is 137 cm³/mol. The standard InChI is InChI=1S/C22H28N6OS.C2HF3O2/c1-26(2)12-9-23-22(29)28-11-6-10-27(13-14-28)21-20-18(24-16-25-21)15-19(30-20)17-7-4-3-5-8-17;3-2(4,5)1(6)7/h3-5,7-8,15-16H,6,9-14H2,1-2H3,(H,23,29);(H,6,7). The van der Waals surface area contributed by atoms with E-state index in [1.807, 2.05) is 25.1 Å². The van der Waals surface area contributed by atoms with Crippen molar-refractivity contribution in [3.8, 4) is 10.4 Å². The molecule has 2 amide bonds. The second kappa shape index (κ2) is 12.7. The lowest BCUT2D eigenvalue weighted by molar-refractivity contribution is -0.192. The number of urea groups is 1. The number of hydrogen-bond acceptors (Lipinski definition) is 7. The molecule has 1 aliphatic heterocycles. The normalized spacial score (nSPS) is 14.2. The topological polar surface area (TPSA) is 102 Å². The van der Waals surface area contributed by atoms with Crippen LogP contribution < -0.4 is 10.2 Å². The molecule has 0 aliphatic carbocycles. The molecule has 9 nitrogen and oxygen atoms in total. The second-order valence-electron chi connectivity index (χ2n) is 8.55. The number of fused-ring (bicyclic) bond motifs is 1. The van der Waals surface area contributed by atoms with Crippen LogP contribution in [-0.2, 0) is 4.79 Å². The first-order valence-electron chi connectivity index (χ1n) is 11.6. The number of benzene rings is 1. The molecule has 200 valence electrons. The van der Waals surface area contributed by atoms with Crippen LogP contribution in [0, 0.1) is 0 Å². The number of carboxylic acids is 1. The molecule has 0 atom stereocenters. The Bertz CT molecular complexity index is 1190. The van der Waals surface area contributed by atoms with Gasteiger partial charge in [-0.15, -0.1) is 11.3 Å². The molecule has 1 saturated heterocycles. The Morgan fingerprint density at radius 3 is 2.46 bits per heavy atom.